The Morgan fingerprint density at radius 1 is 0.508 bits per heavy atom. The highest BCUT2D eigenvalue weighted by Crippen LogP contribution is 2.57. The summed E-state index contributed by atoms with van der Waals surface area (Å²) in [6, 6.07) is -0.136. The molecule has 1 atom stereocenters. The van der Waals surface area contributed by atoms with Gasteiger partial charge in [0.2, 0.25) is 0 Å². The van der Waals surface area contributed by atoms with Crippen LogP contribution in [0.1, 0.15) is 28.4 Å². The van der Waals surface area contributed by atoms with Crippen molar-refractivity contribution < 1.29 is 140 Å². The number of ketones is 1. The zero-order chi connectivity index (χ0) is 46.4. The minimum absolute atomic E-state index is 0.0713. The second-order valence-electron chi connectivity index (χ2n) is 11.0. The number of fused-ring (bicyclic) bond motifs is 1. The van der Waals surface area contributed by atoms with Crippen LogP contribution in [0.5, 0.6) is 23.0 Å². The lowest BCUT2D eigenvalue weighted by Gasteiger charge is -2.32. The molecule has 1 aliphatic heterocycles. The summed E-state index contributed by atoms with van der Waals surface area (Å²) in [6.07, 6.45) is -18.5. The van der Waals surface area contributed by atoms with E-state index in [1.807, 2.05) is 0 Å². The van der Waals surface area contributed by atoms with Crippen LogP contribution in [0.2, 0.25) is 0 Å². The number of benzene rings is 2. The summed E-state index contributed by atoms with van der Waals surface area (Å²) in [5.74, 6) is -40.7. The maximum Gasteiger partial charge on any atom is 0.534 e. The highest BCUT2D eigenvalue weighted by atomic mass is 32.2. The van der Waals surface area contributed by atoms with E-state index in [9.17, 15) is 122 Å². The summed E-state index contributed by atoms with van der Waals surface area (Å²) < 4.78 is 364. The molecule has 1 aliphatic rings. The first-order valence-corrected chi connectivity index (χ1v) is 17.8. The van der Waals surface area contributed by atoms with Gasteiger partial charge in [0, 0.05) is 12.1 Å². The Morgan fingerprint density at radius 3 is 1.27 bits per heavy atom. The molecule has 0 radical (unpaired) electrons. The van der Waals surface area contributed by atoms with Crippen molar-refractivity contribution in [2.75, 3.05) is 0 Å². The maximum absolute atomic E-state index is 14.3. The number of ether oxygens (including phenoxy) is 1. The first-order chi connectivity index (χ1) is 25.8. The lowest BCUT2D eigenvalue weighted by molar-refractivity contribution is -0.382. The average Bonchev–Trinajstić information content (AvgIpc) is 3.02. The third-order valence-electron chi connectivity index (χ3n) is 6.96. The SMILES string of the molecule is O=C1C[C@H](c2ccc(OS(=O)(=O)C(F)(F)C(F)(F)C(F)(F)C(F)(F)F)cc2)Oc2cc(OS(=O)(=O)C(F)(F)C(F)(F)C(F)(F)C(F)(F)F)cc(OS(=O)(=O)C(F)(F)F)c21. The molecule has 2 aromatic rings. The predicted octanol–water partition coefficient (Wildman–Crippen LogP) is 7.89. The molecule has 0 bridgehead atoms. The molecule has 0 fully saturated rings. The van der Waals surface area contributed by atoms with Gasteiger partial charge in [-0.15, -0.1) is 0 Å². The monoisotopic (exact) mass is 968 g/mol. The zero-order valence-corrected chi connectivity index (χ0v) is 28.9. The predicted molar refractivity (Wildman–Crippen MR) is 142 cm³/mol. The van der Waals surface area contributed by atoms with Crippen LogP contribution >= 0.6 is 0 Å². The minimum atomic E-state index is -7.97. The van der Waals surface area contributed by atoms with Crippen LogP contribution in [-0.2, 0) is 30.4 Å². The van der Waals surface area contributed by atoms with Crippen LogP contribution in [0.3, 0.4) is 0 Å². The fourth-order valence-electron chi connectivity index (χ4n) is 4.00. The summed E-state index contributed by atoms with van der Waals surface area (Å²) in [5, 5.41) is -15.0. The zero-order valence-electron chi connectivity index (χ0n) is 26.4. The Bertz CT molecular complexity index is 2300. The van der Waals surface area contributed by atoms with Gasteiger partial charge >= 0.3 is 82.4 Å². The number of carbonyl (C=O) groups excluding carboxylic acids is 1. The van der Waals surface area contributed by atoms with E-state index in [-0.39, 0.29) is 18.2 Å². The van der Waals surface area contributed by atoms with Crippen molar-refractivity contribution >= 4 is 36.1 Å². The molecule has 0 N–H and O–H groups in total. The van der Waals surface area contributed by atoms with Crippen molar-refractivity contribution in [2.24, 2.45) is 0 Å². The Hall–Kier alpha value is -4.31. The molecule has 0 saturated carbocycles. The van der Waals surface area contributed by atoms with Gasteiger partial charge in [-0.3, -0.25) is 4.79 Å². The van der Waals surface area contributed by atoms with Crippen molar-refractivity contribution in [1.82, 2.24) is 0 Å². The van der Waals surface area contributed by atoms with E-state index in [0.29, 0.717) is 12.1 Å². The Morgan fingerprint density at radius 2 is 0.898 bits per heavy atom. The first kappa shape index (κ1) is 49.1. The molecule has 0 amide bonds. The maximum atomic E-state index is 14.3. The van der Waals surface area contributed by atoms with E-state index in [2.05, 4.69) is 12.5 Å². The quantitative estimate of drug-likeness (QED) is 0.109. The van der Waals surface area contributed by atoms with E-state index in [4.69, 9.17) is 4.74 Å². The summed E-state index contributed by atoms with van der Waals surface area (Å²) in [4.78, 5) is 12.9. The molecule has 59 heavy (non-hydrogen) atoms. The molecule has 336 valence electrons. The van der Waals surface area contributed by atoms with Gasteiger partial charge in [-0.05, 0) is 17.7 Å². The van der Waals surface area contributed by atoms with Gasteiger partial charge in [0.1, 0.15) is 28.9 Å². The number of rotatable bonds is 13. The molecular formula is C24H9F21O11S3. The number of Topliss-reactive ketones (excluding diaryl/α,β-unsaturated/α-hetero) is 1. The molecule has 0 unspecified atom stereocenters. The molecular weight excluding hydrogens is 959 g/mol. The highest BCUT2D eigenvalue weighted by Gasteiger charge is 2.87. The largest absolute Gasteiger partial charge is 0.534 e. The standard InChI is InChI=1S/C24H9F21O11S3/c25-16(26,20(33,34)35)18(29,30)22(39,40)57(47,48)54-9-3-1-8(2-4-9)12-7-11(46)15-13(53-12)5-10(6-14(15)56-59(51,52)24(43,44)45)55-58(49,50)23(41,42)19(31,32)17(27,28)21(36,37)38/h1-6,12H,7H2/t12-/m1/s1. The van der Waals surface area contributed by atoms with E-state index in [0.717, 1.165) is 0 Å². The molecule has 2 aromatic carbocycles. The van der Waals surface area contributed by atoms with Gasteiger partial charge in [-0.25, -0.2) is 0 Å². The number of halogens is 21. The topological polar surface area (TPSA) is 156 Å². The van der Waals surface area contributed by atoms with E-state index >= 15 is 0 Å². The molecule has 3 rings (SSSR count). The van der Waals surface area contributed by atoms with Gasteiger partial charge in [-0.2, -0.15) is 117 Å². The normalized spacial score (nSPS) is 17.2. The highest BCUT2D eigenvalue weighted by molar-refractivity contribution is 7.88. The lowest BCUT2D eigenvalue weighted by Crippen LogP contribution is -2.63. The van der Waals surface area contributed by atoms with Crippen molar-refractivity contribution in [3.05, 3.63) is 47.5 Å². The number of hydrogen-bond acceptors (Lipinski definition) is 11. The lowest BCUT2D eigenvalue weighted by atomic mass is 9.95. The summed E-state index contributed by atoms with van der Waals surface area (Å²) in [7, 11) is -22.5. The van der Waals surface area contributed by atoms with Crippen LogP contribution in [0.25, 0.3) is 0 Å². The molecule has 0 aromatic heterocycles. The van der Waals surface area contributed by atoms with Crippen molar-refractivity contribution in [3.8, 4) is 23.0 Å². The van der Waals surface area contributed by atoms with Crippen molar-refractivity contribution in [3.63, 3.8) is 0 Å². The molecule has 11 nitrogen and oxygen atoms in total. The van der Waals surface area contributed by atoms with Gasteiger partial charge in [0.05, 0.1) is 6.42 Å². The summed E-state index contributed by atoms with van der Waals surface area (Å²) in [5.41, 5.74) is -8.78. The van der Waals surface area contributed by atoms with Crippen molar-refractivity contribution in [2.45, 2.75) is 64.6 Å². The first-order valence-electron chi connectivity index (χ1n) is 13.6. The van der Waals surface area contributed by atoms with Crippen LogP contribution < -0.4 is 17.3 Å². The van der Waals surface area contributed by atoms with Gasteiger partial charge in [0.15, 0.2) is 11.5 Å². The van der Waals surface area contributed by atoms with Gasteiger partial charge < -0.3 is 17.3 Å². The van der Waals surface area contributed by atoms with Crippen LogP contribution in [0.15, 0.2) is 36.4 Å². The Balaban J connectivity index is 2.10. The van der Waals surface area contributed by atoms with E-state index in [1.165, 1.54) is 0 Å². The van der Waals surface area contributed by atoms with Gasteiger partial charge in [0.25, 0.3) is 0 Å². The van der Waals surface area contributed by atoms with Gasteiger partial charge in [-0.1, -0.05) is 12.1 Å². The fourth-order valence-corrected chi connectivity index (χ4v) is 6.27. The molecule has 1 heterocycles. The number of alkyl halides is 21. The molecule has 0 saturated heterocycles. The van der Waals surface area contributed by atoms with Crippen LogP contribution in [0, 0.1) is 0 Å². The van der Waals surface area contributed by atoms with E-state index < -0.39 is 141 Å². The molecule has 0 aliphatic carbocycles. The van der Waals surface area contributed by atoms with Crippen LogP contribution in [-0.4, -0.2) is 83.1 Å². The Labute approximate surface area is 310 Å². The summed E-state index contributed by atoms with van der Waals surface area (Å²) in [6.45, 7) is 0. The third kappa shape index (κ3) is 8.03. The van der Waals surface area contributed by atoms with Crippen molar-refractivity contribution in [1.29, 1.82) is 0 Å². The third-order valence-corrected chi connectivity index (χ3v) is 10.5. The summed E-state index contributed by atoms with van der Waals surface area (Å²) >= 11 is 0. The number of hydrogen-bond donors (Lipinski definition) is 0. The Kier molecular flexibility index (Phi) is 11.8. The number of carbonyl (C=O) groups is 1. The second kappa shape index (κ2) is 14.1. The molecule has 35 heteroatoms. The second-order valence-corrected chi connectivity index (χ2v) is 15.7. The smallest absolute Gasteiger partial charge is 0.484 e. The van der Waals surface area contributed by atoms with E-state index in [1.54, 1.807) is 0 Å². The minimum Gasteiger partial charge on any atom is -0.484 e. The molecule has 0 spiro atoms. The average molecular weight is 968 g/mol. The van der Waals surface area contributed by atoms with Crippen LogP contribution in [0.4, 0.5) is 92.2 Å². The fraction of sp³-hybridized carbons (Fsp3) is 0.458.